The highest BCUT2D eigenvalue weighted by Gasteiger charge is 2.16. The molecule has 0 aliphatic heterocycles. The summed E-state index contributed by atoms with van der Waals surface area (Å²) in [5.74, 6) is -0.802. The molecule has 0 atom stereocenters. The Balaban J connectivity index is 1.85. The Hall–Kier alpha value is -1.97. The van der Waals surface area contributed by atoms with E-state index in [-0.39, 0.29) is 17.7 Å². The van der Waals surface area contributed by atoms with Gasteiger partial charge in [0.15, 0.2) is 0 Å². The summed E-state index contributed by atoms with van der Waals surface area (Å²) in [4.78, 5) is 28.8. The zero-order chi connectivity index (χ0) is 17.3. The van der Waals surface area contributed by atoms with Crippen LogP contribution in [0.5, 0.6) is 0 Å². The van der Waals surface area contributed by atoms with Gasteiger partial charge in [0.1, 0.15) is 10.7 Å². The van der Waals surface area contributed by atoms with Crippen molar-refractivity contribution in [1.82, 2.24) is 14.6 Å². The average molecular weight is 429 g/mol. The number of nitrogens with one attached hydrogen (secondary N) is 2. The molecule has 3 aromatic heterocycles. The Kier molecular flexibility index (Phi) is 4.83. The minimum atomic E-state index is -0.346. The third-order valence-corrected chi connectivity index (χ3v) is 4.99. The monoisotopic (exact) mass is 427 g/mol. The largest absolute Gasteiger partial charge is 0.324 e. The van der Waals surface area contributed by atoms with Crippen molar-refractivity contribution in [2.24, 2.45) is 0 Å². The Bertz CT molecular complexity index is 939. The summed E-state index contributed by atoms with van der Waals surface area (Å²) in [5, 5.41) is 9.53. The molecule has 10 heteroatoms. The molecule has 2 amide bonds. The number of anilines is 2. The van der Waals surface area contributed by atoms with Crippen LogP contribution in [0.2, 0.25) is 0 Å². The molecule has 3 aromatic rings. The molecule has 0 bridgehead atoms. The molecule has 3 heterocycles. The lowest BCUT2D eigenvalue weighted by Gasteiger charge is -2.09. The normalized spacial score (nSPS) is 10.8. The van der Waals surface area contributed by atoms with Crippen LogP contribution in [0.25, 0.3) is 4.83 Å². The second kappa shape index (κ2) is 6.88. The van der Waals surface area contributed by atoms with E-state index in [2.05, 4.69) is 36.6 Å². The quantitative estimate of drug-likeness (QED) is 0.624. The van der Waals surface area contributed by atoms with Gasteiger partial charge >= 0.3 is 0 Å². The van der Waals surface area contributed by atoms with E-state index in [1.807, 2.05) is 0 Å². The Morgan fingerprint density at radius 3 is 2.92 bits per heavy atom. The van der Waals surface area contributed by atoms with Crippen molar-refractivity contribution in [1.29, 1.82) is 0 Å². The lowest BCUT2D eigenvalue weighted by atomic mass is 10.2. The second-order valence-corrected chi connectivity index (χ2v) is 7.51. The smallest absolute Gasteiger partial charge is 0.260 e. The van der Waals surface area contributed by atoms with Crippen molar-refractivity contribution in [2.45, 2.75) is 6.92 Å². The van der Waals surface area contributed by atoms with Gasteiger partial charge < -0.3 is 10.6 Å². The minimum absolute atomic E-state index is 0.156. The number of pyridine rings is 1. The predicted octanol–water partition coefficient (Wildman–Crippen LogP) is 3.29. The Labute approximate surface area is 154 Å². The van der Waals surface area contributed by atoms with Crippen LogP contribution < -0.4 is 10.6 Å². The van der Waals surface area contributed by atoms with E-state index in [1.54, 1.807) is 23.7 Å². The first-order valence-corrected chi connectivity index (χ1v) is 8.89. The molecule has 3 rings (SSSR count). The molecule has 0 saturated carbocycles. The zero-order valence-electron chi connectivity index (χ0n) is 12.3. The van der Waals surface area contributed by atoms with E-state index in [9.17, 15) is 9.59 Å². The van der Waals surface area contributed by atoms with Crippen molar-refractivity contribution in [3.05, 3.63) is 39.7 Å². The third kappa shape index (κ3) is 3.42. The molecule has 24 heavy (non-hydrogen) atoms. The van der Waals surface area contributed by atoms with Gasteiger partial charge in [0.05, 0.1) is 45.0 Å². The summed E-state index contributed by atoms with van der Waals surface area (Å²) in [6, 6.07) is 1.63. The number of aryl methyl sites for hydroxylation is 1. The molecule has 2 N–H and O–H groups in total. The third-order valence-electron chi connectivity index (χ3n) is 3.15. The average Bonchev–Trinajstić information content (AvgIpc) is 3.09. The summed E-state index contributed by atoms with van der Waals surface area (Å²) in [5.41, 5.74) is 2.05. The van der Waals surface area contributed by atoms with Crippen LogP contribution in [0.15, 0.2) is 28.4 Å². The molecule has 0 aromatic carbocycles. The van der Waals surface area contributed by atoms with Crippen molar-refractivity contribution in [3.63, 3.8) is 0 Å². The van der Waals surface area contributed by atoms with Gasteiger partial charge in [0.25, 0.3) is 5.91 Å². The number of carbonyl (C=O) groups excluding carboxylic acids is 2. The molecule has 124 valence electrons. The Morgan fingerprint density at radius 2 is 2.17 bits per heavy atom. The van der Waals surface area contributed by atoms with Crippen molar-refractivity contribution < 1.29 is 9.59 Å². The van der Waals surface area contributed by atoms with E-state index < -0.39 is 0 Å². The van der Waals surface area contributed by atoms with Crippen LogP contribution in [0.4, 0.5) is 11.4 Å². The van der Waals surface area contributed by atoms with Crippen LogP contribution >= 0.6 is 38.9 Å². The number of fused-ring (bicyclic) bond motifs is 1. The summed E-state index contributed by atoms with van der Waals surface area (Å²) < 4.78 is 2.51. The van der Waals surface area contributed by atoms with E-state index in [0.717, 1.165) is 8.62 Å². The number of carbonyl (C=O) groups is 2. The minimum Gasteiger partial charge on any atom is -0.324 e. The van der Waals surface area contributed by atoms with Gasteiger partial charge in [-0.15, -0.1) is 22.9 Å². The zero-order valence-corrected chi connectivity index (χ0v) is 15.5. The summed E-state index contributed by atoms with van der Waals surface area (Å²) in [6.07, 6.45) is 4.80. The maximum atomic E-state index is 12.5. The summed E-state index contributed by atoms with van der Waals surface area (Å²) >= 11 is 10.2. The van der Waals surface area contributed by atoms with Gasteiger partial charge in [-0.1, -0.05) is 0 Å². The maximum Gasteiger partial charge on any atom is 0.260 e. The van der Waals surface area contributed by atoms with E-state index in [4.69, 9.17) is 11.6 Å². The highest BCUT2D eigenvalue weighted by molar-refractivity contribution is 9.11. The molecule has 7 nitrogen and oxygen atoms in total. The fraction of sp³-hybridized carbons (Fsp3) is 0.143. The Morgan fingerprint density at radius 1 is 1.38 bits per heavy atom. The first-order valence-electron chi connectivity index (χ1n) is 6.74. The van der Waals surface area contributed by atoms with Crippen molar-refractivity contribution in [2.75, 3.05) is 16.5 Å². The van der Waals surface area contributed by atoms with Crippen LogP contribution in [0.1, 0.15) is 16.1 Å². The number of thiazole rings is 1. The topological polar surface area (TPSA) is 88.4 Å². The second-order valence-electron chi connectivity index (χ2n) is 4.84. The van der Waals surface area contributed by atoms with E-state index in [0.29, 0.717) is 22.6 Å². The molecular weight excluding hydrogens is 418 g/mol. The molecule has 0 spiro atoms. The molecular formula is C14H11BrClN5O2S. The fourth-order valence-electron chi connectivity index (χ4n) is 2.03. The molecule has 0 saturated heterocycles. The summed E-state index contributed by atoms with van der Waals surface area (Å²) in [6.45, 7) is 1.76. The van der Waals surface area contributed by atoms with Crippen LogP contribution in [0, 0.1) is 6.92 Å². The number of hydrogen-bond acceptors (Lipinski definition) is 5. The standard InChI is InChI=1S/C14H11BrClN5O2S/c1-7-10(2-8(4-17-7)19-12(22)3-16)20-13(23)9-5-18-21-6-11(15)24-14(9)21/h2,4-6H,3H2,1H3,(H,19,22)(H,20,23). The van der Waals surface area contributed by atoms with Crippen LogP contribution in [-0.4, -0.2) is 32.3 Å². The first-order chi connectivity index (χ1) is 11.5. The summed E-state index contributed by atoms with van der Waals surface area (Å²) in [7, 11) is 0. The highest BCUT2D eigenvalue weighted by atomic mass is 79.9. The molecule has 0 unspecified atom stereocenters. The highest BCUT2D eigenvalue weighted by Crippen LogP contribution is 2.27. The van der Waals surface area contributed by atoms with Crippen LogP contribution in [0.3, 0.4) is 0 Å². The lowest BCUT2D eigenvalue weighted by Crippen LogP contribution is -2.15. The van der Waals surface area contributed by atoms with Gasteiger partial charge in [-0.25, -0.2) is 4.52 Å². The molecule has 0 aliphatic carbocycles. The van der Waals surface area contributed by atoms with Gasteiger partial charge in [0, 0.05) is 0 Å². The number of aromatic nitrogens is 3. The van der Waals surface area contributed by atoms with Crippen molar-refractivity contribution in [3.8, 4) is 0 Å². The number of amides is 2. The number of hydrogen-bond donors (Lipinski definition) is 2. The SMILES string of the molecule is Cc1ncc(NC(=O)CCl)cc1NC(=O)c1cnn2cc(Br)sc12. The van der Waals surface area contributed by atoms with Crippen LogP contribution in [-0.2, 0) is 4.79 Å². The molecule has 0 radical (unpaired) electrons. The molecule has 0 aliphatic rings. The fourth-order valence-corrected chi connectivity index (χ4v) is 3.53. The number of alkyl halides is 1. The predicted molar refractivity (Wildman–Crippen MR) is 97.0 cm³/mol. The number of rotatable bonds is 4. The number of halogens is 2. The van der Waals surface area contributed by atoms with Gasteiger partial charge in [-0.3, -0.25) is 14.6 Å². The number of nitrogens with zero attached hydrogens (tertiary/aromatic N) is 3. The van der Waals surface area contributed by atoms with E-state index in [1.165, 1.54) is 23.7 Å². The van der Waals surface area contributed by atoms with Gasteiger partial charge in [-0.05, 0) is 28.9 Å². The van der Waals surface area contributed by atoms with Gasteiger partial charge in [-0.2, -0.15) is 5.10 Å². The molecule has 0 fully saturated rings. The van der Waals surface area contributed by atoms with Crippen molar-refractivity contribution >= 4 is 66.9 Å². The van der Waals surface area contributed by atoms with Gasteiger partial charge in [0.2, 0.25) is 5.91 Å². The maximum absolute atomic E-state index is 12.5. The van der Waals surface area contributed by atoms with E-state index >= 15 is 0 Å². The lowest BCUT2D eigenvalue weighted by molar-refractivity contribution is -0.113. The first kappa shape index (κ1) is 16.9.